The third kappa shape index (κ3) is 7.89. The molecule has 2 aliphatic heterocycles. The number of hydrogen-bond acceptors (Lipinski definition) is 9. The molecule has 0 aliphatic carbocycles. The van der Waals surface area contributed by atoms with Crippen molar-refractivity contribution in [1.82, 2.24) is 20.1 Å². The predicted octanol–water partition coefficient (Wildman–Crippen LogP) is 3.32. The Balaban J connectivity index is 1.04. The molecule has 4 amide bonds. The summed E-state index contributed by atoms with van der Waals surface area (Å²) >= 11 is 0. The fourth-order valence-electron chi connectivity index (χ4n) is 6.34. The molecule has 1 saturated heterocycles. The molecule has 50 heavy (non-hydrogen) atoms. The fraction of sp³-hybridized carbons (Fsp3) is 0.289. The zero-order valence-corrected chi connectivity index (χ0v) is 27.5. The van der Waals surface area contributed by atoms with E-state index in [0.29, 0.717) is 38.5 Å². The van der Waals surface area contributed by atoms with Crippen LogP contribution in [0.5, 0.6) is 0 Å². The Morgan fingerprint density at radius 1 is 0.980 bits per heavy atom. The van der Waals surface area contributed by atoms with Crippen LogP contribution >= 0.6 is 0 Å². The number of nitrogens with one attached hydrogen (secondary N) is 3. The molecule has 12 nitrogen and oxygen atoms in total. The molecular formula is C38H39N5O7. The highest BCUT2D eigenvalue weighted by Gasteiger charge is 2.45. The molecule has 12 heteroatoms. The lowest BCUT2D eigenvalue weighted by Gasteiger charge is -2.27. The Morgan fingerprint density at radius 2 is 1.80 bits per heavy atom. The SMILES string of the molecule is O=C(/C=C/c1ccc(CN(CCOCCNc2cccc3c2C(=O)N(C2CCC(=O)NC2=O)C3=O)CCc2c[nH]c3ccccc23)cc1)CO. The molecule has 2 aliphatic rings. The smallest absolute Gasteiger partial charge is 0.264 e. The van der Waals surface area contributed by atoms with Crippen molar-refractivity contribution < 1.29 is 33.8 Å². The number of fused-ring (bicyclic) bond motifs is 2. The first-order chi connectivity index (χ1) is 24.3. The van der Waals surface area contributed by atoms with Gasteiger partial charge in [-0.3, -0.25) is 39.1 Å². The quantitative estimate of drug-likeness (QED) is 0.0793. The van der Waals surface area contributed by atoms with E-state index in [4.69, 9.17) is 9.84 Å². The maximum absolute atomic E-state index is 13.4. The number of aromatic amines is 1. The number of aliphatic hydroxyl groups excluding tert-OH is 1. The molecule has 4 aromatic rings. The van der Waals surface area contributed by atoms with Crippen LogP contribution in [0.15, 0.2) is 79.0 Å². The first-order valence-corrected chi connectivity index (χ1v) is 16.7. The van der Waals surface area contributed by atoms with Crippen molar-refractivity contribution in [3.63, 3.8) is 0 Å². The topological polar surface area (TPSA) is 161 Å². The molecule has 258 valence electrons. The van der Waals surface area contributed by atoms with Crippen LogP contribution in [-0.4, -0.2) is 94.8 Å². The molecular weight excluding hydrogens is 638 g/mol. The van der Waals surface area contributed by atoms with Crippen LogP contribution in [0.2, 0.25) is 0 Å². The normalized spacial score (nSPS) is 16.1. The summed E-state index contributed by atoms with van der Waals surface area (Å²) in [6.07, 6.45) is 6.12. The standard InChI is InChI=1S/C38H39N5O7/c44-24-28(45)13-12-25-8-10-26(11-9-25)23-42(18-16-27-22-40-31-6-2-1-4-29(27)31)19-21-50-20-17-39-32-7-3-5-30-35(32)38(49)43(37(30)48)33-14-15-34(46)41-36(33)47/h1-13,22,33,39-40,44H,14-21,23-24H2,(H,41,46,47)/b13-12+. The predicted molar refractivity (Wildman–Crippen MR) is 187 cm³/mol. The van der Waals surface area contributed by atoms with Crippen molar-refractivity contribution in [3.05, 3.63) is 107 Å². The maximum Gasteiger partial charge on any atom is 0.264 e. The number of amides is 4. The molecule has 0 saturated carbocycles. The number of carbonyl (C=O) groups is 5. The Bertz CT molecular complexity index is 1930. The highest BCUT2D eigenvalue weighted by molar-refractivity contribution is 6.25. The molecule has 1 unspecified atom stereocenters. The van der Waals surface area contributed by atoms with Gasteiger partial charge in [-0.15, -0.1) is 0 Å². The molecule has 1 atom stereocenters. The minimum Gasteiger partial charge on any atom is -0.388 e. The Morgan fingerprint density at radius 3 is 2.60 bits per heavy atom. The minimum absolute atomic E-state index is 0.0614. The van der Waals surface area contributed by atoms with E-state index in [-0.39, 0.29) is 29.8 Å². The lowest BCUT2D eigenvalue weighted by Crippen LogP contribution is -2.54. The number of hydrogen-bond donors (Lipinski definition) is 4. The van der Waals surface area contributed by atoms with Crippen molar-refractivity contribution in [2.45, 2.75) is 31.8 Å². The average molecular weight is 678 g/mol. The number of para-hydroxylation sites is 1. The third-order valence-electron chi connectivity index (χ3n) is 8.96. The molecule has 1 aromatic heterocycles. The molecule has 0 spiro atoms. The maximum atomic E-state index is 13.4. The van der Waals surface area contributed by atoms with Crippen molar-refractivity contribution in [2.24, 2.45) is 0 Å². The van der Waals surface area contributed by atoms with Crippen LogP contribution in [0.4, 0.5) is 5.69 Å². The summed E-state index contributed by atoms with van der Waals surface area (Å²) in [6, 6.07) is 20.1. The van der Waals surface area contributed by atoms with Crippen molar-refractivity contribution in [1.29, 1.82) is 0 Å². The number of benzene rings is 3. The summed E-state index contributed by atoms with van der Waals surface area (Å²) in [5.74, 6) is -2.51. The second-order valence-corrected chi connectivity index (χ2v) is 12.3. The van der Waals surface area contributed by atoms with E-state index in [1.807, 2.05) is 36.4 Å². The number of aliphatic hydroxyl groups is 1. The van der Waals surface area contributed by atoms with E-state index in [1.54, 1.807) is 24.3 Å². The van der Waals surface area contributed by atoms with E-state index >= 15 is 0 Å². The van der Waals surface area contributed by atoms with Gasteiger partial charge in [0.1, 0.15) is 12.6 Å². The Hall–Kier alpha value is -5.43. The van der Waals surface area contributed by atoms with E-state index in [2.05, 4.69) is 38.8 Å². The van der Waals surface area contributed by atoms with Crippen molar-refractivity contribution >= 4 is 52.1 Å². The minimum atomic E-state index is -1.02. The largest absolute Gasteiger partial charge is 0.388 e. The van der Waals surface area contributed by atoms with E-state index < -0.39 is 36.3 Å². The second kappa shape index (κ2) is 15.9. The number of H-pyrrole nitrogens is 1. The first kappa shape index (κ1) is 34.4. The summed E-state index contributed by atoms with van der Waals surface area (Å²) in [5.41, 5.74) is 5.25. The summed E-state index contributed by atoms with van der Waals surface area (Å²) in [5, 5.41) is 15.6. The van der Waals surface area contributed by atoms with Gasteiger partial charge in [-0.2, -0.15) is 0 Å². The van der Waals surface area contributed by atoms with Gasteiger partial charge in [0, 0.05) is 55.4 Å². The van der Waals surface area contributed by atoms with Crippen LogP contribution in [0, 0.1) is 0 Å². The van der Waals surface area contributed by atoms with Crippen LogP contribution in [-0.2, 0) is 32.1 Å². The van der Waals surface area contributed by atoms with Crippen molar-refractivity contribution in [2.75, 3.05) is 44.8 Å². The van der Waals surface area contributed by atoms with Crippen LogP contribution in [0.3, 0.4) is 0 Å². The van der Waals surface area contributed by atoms with Gasteiger partial charge in [0.25, 0.3) is 11.8 Å². The van der Waals surface area contributed by atoms with Crippen LogP contribution in [0.25, 0.3) is 17.0 Å². The molecule has 0 radical (unpaired) electrons. The number of carbonyl (C=O) groups excluding carboxylic acids is 5. The third-order valence-corrected chi connectivity index (χ3v) is 8.96. The molecule has 0 bridgehead atoms. The number of imide groups is 2. The van der Waals surface area contributed by atoms with Crippen molar-refractivity contribution in [3.8, 4) is 0 Å². The molecule has 3 heterocycles. The first-order valence-electron chi connectivity index (χ1n) is 16.7. The van der Waals surface area contributed by atoms with E-state index in [9.17, 15) is 24.0 Å². The fourth-order valence-corrected chi connectivity index (χ4v) is 6.34. The summed E-state index contributed by atoms with van der Waals surface area (Å²) in [6.45, 7) is 2.85. The summed E-state index contributed by atoms with van der Waals surface area (Å²) < 4.78 is 6.00. The number of ketones is 1. The van der Waals surface area contributed by atoms with E-state index in [0.717, 1.165) is 34.5 Å². The van der Waals surface area contributed by atoms with Gasteiger partial charge in [0.15, 0.2) is 5.78 Å². The highest BCUT2D eigenvalue weighted by Crippen LogP contribution is 2.32. The van der Waals surface area contributed by atoms with Gasteiger partial charge < -0.3 is 20.1 Å². The number of rotatable bonds is 16. The van der Waals surface area contributed by atoms with Gasteiger partial charge in [-0.25, -0.2) is 0 Å². The zero-order valence-electron chi connectivity index (χ0n) is 27.5. The van der Waals surface area contributed by atoms with Gasteiger partial charge >= 0.3 is 0 Å². The summed E-state index contributed by atoms with van der Waals surface area (Å²) in [4.78, 5) is 68.6. The van der Waals surface area contributed by atoms with Gasteiger partial charge in [-0.05, 0) is 53.8 Å². The molecule has 6 rings (SSSR count). The number of anilines is 1. The van der Waals surface area contributed by atoms with Crippen LogP contribution in [0.1, 0.15) is 50.2 Å². The van der Waals surface area contributed by atoms with Crippen LogP contribution < -0.4 is 10.6 Å². The Labute approximate surface area is 289 Å². The highest BCUT2D eigenvalue weighted by atomic mass is 16.5. The second-order valence-electron chi connectivity index (χ2n) is 12.3. The number of nitrogens with zero attached hydrogens (tertiary/aromatic N) is 2. The molecule has 3 aromatic carbocycles. The van der Waals surface area contributed by atoms with Gasteiger partial charge in [0.05, 0.1) is 24.3 Å². The lowest BCUT2D eigenvalue weighted by molar-refractivity contribution is -0.136. The zero-order chi connectivity index (χ0) is 35.0. The lowest BCUT2D eigenvalue weighted by atomic mass is 10.0. The molecule has 1 fully saturated rings. The number of ether oxygens (including phenoxy) is 1. The average Bonchev–Trinajstić information content (AvgIpc) is 3.65. The summed E-state index contributed by atoms with van der Waals surface area (Å²) in [7, 11) is 0. The van der Waals surface area contributed by atoms with Gasteiger partial charge in [0.2, 0.25) is 11.8 Å². The van der Waals surface area contributed by atoms with E-state index in [1.165, 1.54) is 17.0 Å². The molecule has 4 N–H and O–H groups in total. The van der Waals surface area contributed by atoms with Gasteiger partial charge in [-0.1, -0.05) is 54.6 Å². The number of piperidine rings is 1. The number of aromatic nitrogens is 1. The monoisotopic (exact) mass is 677 g/mol. The Kier molecular flexibility index (Phi) is 10.9.